The maximum Gasteiger partial charge on any atom is 0.254 e. The fraction of sp³-hybridized carbons (Fsp3) is 0.353. The molecule has 0 bridgehead atoms. The third kappa shape index (κ3) is 3.47. The molecule has 23 heavy (non-hydrogen) atoms. The van der Waals surface area contributed by atoms with Crippen molar-refractivity contribution in [1.82, 2.24) is 4.90 Å². The van der Waals surface area contributed by atoms with Crippen LogP contribution >= 0.6 is 0 Å². The summed E-state index contributed by atoms with van der Waals surface area (Å²) in [5.74, 6) is 0.0519. The van der Waals surface area contributed by atoms with Gasteiger partial charge in [-0.2, -0.15) is 0 Å². The molecule has 1 atom stereocenters. The third-order valence-corrected chi connectivity index (χ3v) is 6.01. The maximum absolute atomic E-state index is 12.8. The van der Waals surface area contributed by atoms with E-state index in [-0.39, 0.29) is 23.5 Å². The molecule has 6 heteroatoms. The minimum atomic E-state index is -3.07. The molecule has 1 aromatic carbocycles. The lowest BCUT2D eigenvalue weighted by Crippen LogP contribution is -2.40. The average Bonchev–Trinajstić information content (AvgIpc) is 3.00. The number of rotatable bonds is 2. The molecular formula is C17H19NO4S. The van der Waals surface area contributed by atoms with Gasteiger partial charge < -0.3 is 9.32 Å². The molecule has 122 valence electrons. The van der Waals surface area contributed by atoms with Gasteiger partial charge in [-0.05, 0) is 37.1 Å². The van der Waals surface area contributed by atoms with Crippen molar-refractivity contribution in [3.63, 3.8) is 0 Å². The first-order valence-electron chi connectivity index (χ1n) is 7.60. The highest BCUT2D eigenvalue weighted by atomic mass is 32.2. The number of benzene rings is 1. The van der Waals surface area contributed by atoms with Gasteiger partial charge in [-0.1, -0.05) is 12.1 Å². The first kappa shape index (κ1) is 15.8. The van der Waals surface area contributed by atoms with Crippen molar-refractivity contribution in [1.29, 1.82) is 0 Å². The van der Waals surface area contributed by atoms with Gasteiger partial charge in [-0.3, -0.25) is 4.79 Å². The minimum absolute atomic E-state index is 0.0279. The van der Waals surface area contributed by atoms with Gasteiger partial charge in [0.25, 0.3) is 5.91 Å². The summed E-state index contributed by atoms with van der Waals surface area (Å²) < 4.78 is 28.8. The second-order valence-electron chi connectivity index (χ2n) is 5.91. The van der Waals surface area contributed by atoms with Crippen LogP contribution in [0.15, 0.2) is 47.3 Å². The van der Waals surface area contributed by atoms with Crippen LogP contribution in [0.1, 0.15) is 23.7 Å². The highest BCUT2D eigenvalue weighted by molar-refractivity contribution is 7.91. The zero-order valence-electron chi connectivity index (χ0n) is 12.9. The lowest BCUT2D eigenvalue weighted by atomic mass is 10.0. The number of hydrogen-bond donors (Lipinski definition) is 0. The minimum Gasteiger partial charge on any atom is -0.472 e. The van der Waals surface area contributed by atoms with Gasteiger partial charge >= 0.3 is 0 Å². The van der Waals surface area contributed by atoms with Crippen LogP contribution in [-0.2, 0) is 9.84 Å². The van der Waals surface area contributed by atoms with E-state index in [1.165, 1.54) is 0 Å². The van der Waals surface area contributed by atoms with E-state index in [1.807, 2.05) is 24.3 Å². The molecule has 0 radical (unpaired) electrons. The summed E-state index contributed by atoms with van der Waals surface area (Å²) in [5.41, 5.74) is 2.38. The van der Waals surface area contributed by atoms with Crippen LogP contribution in [0.3, 0.4) is 0 Å². The second kappa shape index (κ2) is 6.20. The van der Waals surface area contributed by atoms with E-state index >= 15 is 0 Å². The predicted octanol–water partition coefficient (Wildman–Crippen LogP) is 2.60. The highest BCUT2D eigenvalue weighted by Crippen LogP contribution is 2.22. The molecule has 3 rings (SSSR count). The zero-order chi connectivity index (χ0) is 16.4. The van der Waals surface area contributed by atoms with Gasteiger partial charge in [0.15, 0.2) is 9.84 Å². The van der Waals surface area contributed by atoms with E-state index in [0.29, 0.717) is 18.5 Å². The maximum atomic E-state index is 12.8. The van der Waals surface area contributed by atoms with E-state index in [1.54, 1.807) is 30.4 Å². The van der Waals surface area contributed by atoms with Crippen LogP contribution in [0, 0.1) is 0 Å². The highest BCUT2D eigenvalue weighted by Gasteiger charge is 2.29. The summed E-state index contributed by atoms with van der Waals surface area (Å²) in [5, 5.41) is 0. The quantitative estimate of drug-likeness (QED) is 0.847. The smallest absolute Gasteiger partial charge is 0.254 e. The van der Waals surface area contributed by atoms with Gasteiger partial charge in [0.05, 0.1) is 24.0 Å². The van der Waals surface area contributed by atoms with Crippen LogP contribution in [0.2, 0.25) is 0 Å². The van der Waals surface area contributed by atoms with Crippen molar-refractivity contribution in [2.24, 2.45) is 0 Å². The topological polar surface area (TPSA) is 67.6 Å². The number of sulfone groups is 1. The lowest BCUT2D eigenvalue weighted by Gasteiger charge is -2.26. The molecule has 1 fully saturated rings. The standard InChI is InChI=1S/C17H19NO4S/c1-13-12-23(20,21)9-3-7-18(13)17(19)15-5-2-4-14(10-15)16-6-8-22-11-16/h2,4-6,8,10-11,13H,3,7,9,12H2,1H3. The molecule has 0 spiro atoms. The Morgan fingerprint density at radius 1 is 1.26 bits per heavy atom. The normalized spacial score (nSPS) is 20.9. The Labute approximate surface area is 135 Å². The van der Waals surface area contributed by atoms with Crippen LogP contribution in [0.25, 0.3) is 11.1 Å². The Kier molecular flexibility index (Phi) is 4.26. The van der Waals surface area contributed by atoms with Gasteiger partial charge in [0.2, 0.25) is 0 Å². The first-order valence-corrected chi connectivity index (χ1v) is 9.42. The summed E-state index contributed by atoms with van der Waals surface area (Å²) in [6.07, 6.45) is 3.70. The van der Waals surface area contributed by atoms with E-state index in [9.17, 15) is 13.2 Å². The Balaban J connectivity index is 1.87. The fourth-order valence-electron chi connectivity index (χ4n) is 2.94. The van der Waals surface area contributed by atoms with E-state index in [2.05, 4.69) is 0 Å². The Bertz CT molecular complexity index is 796. The van der Waals surface area contributed by atoms with Crippen LogP contribution < -0.4 is 0 Å². The van der Waals surface area contributed by atoms with Gasteiger partial charge in [0, 0.05) is 23.7 Å². The van der Waals surface area contributed by atoms with E-state index in [4.69, 9.17) is 4.42 Å². The molecule has 1 saturated heterocycles. The van der Waals surface area contributed by atoms with Crippen LogP contribution in [0.5, 0.6) is 0 Å². The van der Waals surface area contributed by atoms with Crippen LogP contribution in [-0.4, -0.2) is 43.3 Å². The molecule has 5 nitrogen and oxygen atoms in total. The van der Waals surface area contributed by atoms with Gasteiger partial charge in [-0.15, -0.1) is 0 Å². The zero-order valence-corrected chi connectivity index (χ0v) is 13.8. The Hall–Kier alpha value is -2.08. The fourth-order valence-corrected chi connectivity index (χ4v) is 4.59. The first-order chi connectivity index (χ1) is 11.0. The molecule has 0 aliphatic carbocycles. The third-order valence-electron chi connectivity index (χ3n) is 4.11. The Morgan fingerprint density at radius 2 is 2.09 bits per heavy atom. The summed E-state index contributed by atoms with van der Waals surface area (Å²) in [6.45, 7) is 2.26. The van der Waals surface area contributed by atoms with Crippen molar-refractivity contribution in [3.05, 3.63) is 48.4 Å². The monoisotopic (exact) mass is 333 g/mol. The van der Waals surface area contributed by atoms with Crippen molar-refractivity contribution in [3.8, 4) is 11.1 Å². The summed E-state index contributed by atoms with van der Waals surface area (Å²) in [4.78, 5) is 14.5. The van der Waals surface area contributed by atoms with Gasteiger partial charge in [-0.25, -0.2) is 8.42 Å². The number of hydrogen-bond acceptors (Lipinski definition) is 4. The Morgan fingerprint density at radius 3 is 2.83 bits per heavy atom. The summed E-state index contributed by atoms with van der Waals surface area (Å²) in [7, 11) is -3.07. The molecule has 1 unspecified atom stereocenters. The van der Waals surface area contributed by atoms with Crippen molar-refractivity contribution < 1.29 is 17.6 Å². The molecule has 1 aliphatic rings. The number of carbonyl (C=O) groups is 1. The predicted molar refractivity (Wildman–Crippen MR) is 87.9 cm³/mol. The lowest BCUT2D eigenvalue weighted by molar-refractivity contribution is 0.0712. The van der Waals surface area contributed by atoms with Crippen molar-refractivity contribution in [2.45, 2.75) is 19.4 Å². The number of carbonyl (C=O) groups excluding carboxylic acids is 1. The molecule has 1 aliphatic heterocycles. The van der Waals surface area contributed by atoms with E-state index in [0.717, 1.165) is 11.1 Å². The van der Waals surface area contributed by atoms with Crippen molar-refractivity contribution in [2.75, 3.05) is 18.1 Å². The van der Waals surface area contributed by atoms with Crippen LogP contribution in [0.4, 0.5) is 0 Å². The second-order valence-corrected chi connectivity index (χ2v) is 8.14. The molecule has 1 amide bonds. The average molecular weight is 333 g/mol. The molecule has 1 aromatic heterocycles. The molecule has 0 saturated carbocycles. The number of amides is 1. The summed E-state index contributed by atoms with van der Waals surface area (Å²) >= 11 is 0. The van der Waals surface area contributed by atoms with E-state index < -0.39 is 9.84 Å². The summed E-state index contributed by atoms with van der Waals surface area (Å²) in [6, 6.07) is 8.85. The SMILES string of the molecule is CC1CS(=O)(=O)CCCN1C(=O)c1cccc(-c2ccoc2)c1. The largest absolute Gasteiger partial charge is 0.472 e. The molecule has 0 N–H and O–H groups in total. The van der Waals surface area contributed by atoms with Gasteiger partial charge in [0.1, 0.15) is 0 Å². The molecule has 2 aromatic rings. The molecule has 2 heterocycles. The molecular weight excluding hydrogens is 314 g/mol. The number of nitrogens with zero attached hydrogens (tertiary/aromatic N) is 1. The number of furan rings is 1. The van der Waals surface area contributed by atoms with Crippen molar-refractivity contribution >= 4 is 15.7 Å².